The molecule has 0 unspecified atom stereocenters. The Morgan fingerprint density at radius 1 is 1.07 bits per heavy atom. The van der Waals surface area contributed by atoms with Crippen LogP contribution in [0.4, 0.5) is 0 Å². The molecule has 1 aromatic rings. The van der Waals surface area contributed by atoms with E-state index in [-0.39, 0.29) is 17.2 Å². The largest absolute Gasteiger partial charge is 0.504 e. The van der Waals surface area contributed by atoms with E-state index in [1.54, 1.807) is 13.0 Å². The second-order valence-electron chi connectivity index (χ2n) is 2.63. The van der Waals surface area contributed by atoms with Gasteiger partial charge in [-0.15, -0.1) is 0 Å². The SMILES string of the molecule is CCOc1ccc(O)c(O)c1OCC. The van der Waals surface area contributed by atoms with Gasteiger partial charge in [-0.25, -0.2) is 0 Å². The second-order valence-corrected chi connectivity index (χ2v) is 2.63. The van der Waals surface area contributed by atoms with E-state index < -0.39 is 0 Å². The minimum absolute atomic E-state index is 0.189. The molecular formula is C10H14O4. The Hall–Kier alpha value is -1.58. The standard InChI is InChI=1S/C10H14O4/c1-3-13-8-6-5-7(11)9(12)10(8)14-4-2/h5-6,11-12H,3-4H2,1-2H3. The van der Waals surface area contributed by atoms with E-state index in [1.165, 1.54) is 6.07 Å². The van der Waals surface area contributed by atoms with Gasteiger partial charge in [0.2, 0.25) is 11.5 Å². The third-order valence-electron chi connectivity index (χ3n) is 1.66. The van der Waals surface area contributed by atoms with E-state index in [9.17, 15) is 10.2 Å². The number of hydrogen-bond donors (Lipinski definition) is 2. The van der Waals surface area contributed by atoms with Gasteiger partial charge < -0.3 is 19.7 Å². The number of ether oxygens (including phenoxy) is 2. The maximum absolute atomic E-state index is 9.48. The zero-order chi connectivity index (χ0) is 10.6. The van der Waals surface area contributed by atoms with Crippen LogP contribution in [0.3, 0.4) is 0 Å². The van der Waals surface area contributed by atoms with Crippen molar-refractivity contribution in [1.29, 1.82) is 0 Å². The van der Waals surface area contributed by atoms with Gasteiger partial charge in [0.25, 0.3) is 0 Å². The summed E-state index contributed by atoms with van der Waals surface area (Å²) in [6.45, 7) is 4.50. The summed E-state index contributed by atoms with van der Waals surface area (Å²) in [6.07, 6.45) is 0. The number of rotatable bonds is 4. The van der Waals surface area contributed by atoms with Gasteiger partial charge in [0.1, 0.15) is 0 Å². The van der Waals surface area contributed by atoms with E-state index in [4.69, 9.17) is 9.47 Å². The molecule has 0 amide bonds. The molecule has 2 N–H and O–H groups in total. The van der Waals surface area contributed by atoms with Crippen molar-refractivity contribution in [1.82, 2.24) is 0 Å². The normalized spacial score (nSPS) is 9.86. The van der Waals surface area contributed by atoms with Gasteiger partial charge in [-0.2, -0.15) is 0 Å². The molecule has 1 aromatic carbocycles. The van der Waals surface area contributed by atoms with Crippen LogP contribution in [0.2, 0.25) is 0 Å². The van der Waals surface area contributed by atoms with Gasteiger partial charge in [0.15, 0.2) is 11.5 Å². The molecule has 0 atom stereocenters. The fourth-order valence-electron chi connectivity index (χ4n) is 1.10. The third kappa shape index (κ3) is 2.02. The molecule has 14 heavy (non-hydrogen) atoms. The molecule has 0 bridgehead atoms. The Bertz CT molecular complexity index is 309. The topological polar surface area (TPSA) is 58.9 Å². The van der Waals surface area contributed by atoms with Crippen LogP contribution in [0.25, 0.3) is 0 Å². The van der Waals surface area contributed by atoms with E-state index in [1.807, 2.05) is 6.92 Å². The van der Waals surface area contributed by atoms with Gasteiger partial charge in [0, 0.05) is 0 Å². The van der Waals surface area contributed by atoms with Crippen LogP contribution in [0, 0.1) is 0 Å². The Balaban J connectivity index is 3.08. The fraction of sp³-hybridized carbons (Fsp3) is 0.400. The van der Waals surface area contributed by atoms with Crippen molar-refractivity contribution in [3.8, 4) is 23.0 Å². The molecular weight excluding hydrogens is 184 g/mol. The zero-order valence-corrected chi connectivity index (χ0v) is 8.28. The van der Waals surface area contributed by atoms with Gasteiger partial charge in [-0.3, -0.25) is 0 Å². The van der Waals surface area contributed by atoms with Crippen LogP contribution in [0.15, 0.2) is 12.1 Å². The summed E-state index contributed by atoms with van der Waals surface area (Å²) in [6, 6.07) is 2.92. The summed E-state index contributed by atoms with van der Waals surface area (Å²) in [5.41, 5.74) is 0. The highest BCUT2D eigenvalue weighted by Gasteiger charge is 2.13. The Labute approximate surface area is 82.7 Å². The van der Waals surface area contributed by atoms with Crippen LogP contribution < -0.4 is 9.47 Å². The summed E-state index contributed by atoms with van der Waals surface area (Å²) >= 11 is 0. The molecule has 0 saturated heterocycles. The number of phenols is 2. The number of phenolic OH excluding ortho intramolecular Hbond substituents is 2. The highest BCUT2D eigenvalue weighted by Crippen LogP contribution is 2.42. The van der Waals surface area contributed by atoms with Crippen LogP contribution in [0.1, 0.15) is 13.8 Å². The summed E-state index contributed by atoms with van der Waals surface area (Å²) in [4.78, 5) is 0. The molecule has 0 saturated carbocycles. The molecule has 0 fully saturated rings. The number of aromatic hydroxyl groups is 2. The van der Waals surface area contributed by atoms with Crippen molar-refractivity contribution in [2.24, 2.45) is 0 Å². The van der Waals surface area contributed by atoms with E-state index >= 15 is 0 Å². The number of benzene rings is 1. The van der Waals surface area contributed by atoms with Gasteiger partial charge in [0.05, 0.1) is 13.2 Å². The van der Waals surface area contributed by atoms with Crippen LogP contribution in [-0.2, 0) is 0 Å². The zero-order valence-electron chi connectivity index (χ0n) is 8.28. The van der Waals surface area contributed by atoms with Crippen molar-refractivity contribution in [2.45, 2.75) is 13.8 Å². The first-order valence-electron chi connectivity index (χ1n) is 4.51. The van der Waals surface area contributed by atoms with E-state index in [0.29, 0.717) is 19.0 Å². The molecule has 78 valence electrons. The molecule has 0 aliphatic heterocycles. The Kier molecular flexibility index (Phi) is 3.45. The van der Waals surface area contributed by atoms with E-state index in [2.05, 4.69) is 0 Å². The fourth-order valence-corrected chi connectivity index (χ4v) is 1.10. The maximum atomic E-state index is 9.48. The highest BCUT2D eigenvalue weighted by atomic mass is 16.5. The predicted molar refractivity (Wildman–Crippen MR) is 52.1 cm³/mol. The van der Waals surface area contributed by atoms with Crippen LogP contribution in [-0.4, -0.2) is 23.4 Å². The predicted octanol–water partition coefficient (Wildman–Crippen LogP) is 1.90. The van der Waals surface area contributed by atoms with Crippen molar-refractivity contribution >= 4 is 0 Å². The quantitative estimate of drug-likeness (QED) is 0.725. The minimum Gasteiger partial charge on any atom is -0.504 e. The van der Waals surface area contributed by atoms with Crippen molar-refractivity contribution in [3.05, 3.63) is 12.1 Å². The van der Waals surface area contributed by atoms with Crippen LogP contribution in [0.5, 0.6) is 23.0 Å². The first-order valence-corrected chi connectivity index (χ1v) is 4.51. The lowest BCUT2D eigenvalue weighted by atomic mass is 10.2. The average Bonchev–Trinajstić information content (AvgIpc) is 2.18. The van der Waals surface area contributed by atoms with Crippen molar-refractivity contribution in [2.75, 3.05) is 13.2 Å². The summed E-state index contributed by atoms with van der Waals surface area (Å²) in [5.74, 6) is 0.133. The minimum atomic E-state index is -0.280. The van der Waals surface area contributed by atoms with Crippen LogP contribution >= 0.6 is 0 Å². The van der Waals surface area contributed by atoms with Crippen molar-refractivity contribution in [3.63, 3.8) is 0 Å². The second kappa shape index (κ2) is 4.60. The molecule has 0 heterocycles. The maximum Gasteiger partial charge on any atom is 0.207 e. The van der Waals surface area contributed by atoms with Gasteiger partial charge in [-0.1, -0.05) is 0 Å². The Morgan fingerprint density at radius 3 is 2.29 bits per heavy atom. The average molecular weight is 198 g/mol. The first kappa shape index (κ1) is 10.5. The lowest BCUT2D eigenvalue weighted by Gasteiger charge is -2.12. The van der Waals surface area contributed by atoms with Crippen molar-refractivity contribution < 1.29 is 19.7 Å². The molecule has 4 heteroatoms. The molecule has 0 aliphatic carbocycles. The molecule has 1 rings (SSSR count). The van der Waals surface area contributed by atoms with Gasteiger partial charge in [-0.05, 0) is 26.0 Å². The summed E-state index contributed by atoms with van der Waals surface area (Å²) in [7, 11) is 0. The summed E-state index contributed by atoms with van der Waals surface area (Å²) < 4.78 is 10.4. The van der Waals surface area contributed by atoms with E-state index in [0.717, 1.165) is 0 Å². The molecule has 0 spiro atoms. The highest BCUT2D eigenvalue weighted by molar-refractivity contribution is 5.57. The molecule has 0 radical (unpaired) electrons. The lowest BCUT2D eigenvalue weighted by Crippen LogP contribution is -1.98. The number of hydrogen-bond acceptors (Lipinski definition) is 4. The Morgan fingerprint density at radius 2 is 1.71 bits per heavy atom. The monoisotopic (exact) mass is 198 g/mol. The smallest absolute Gasteiger partial charge is 0.207 e. The third-order valence-corrected chi connectivity index (χ3v) is 1.66. The molecule has 4 nitrogen and oxygen atoms in total. The lowest BCUT2D eigenvalue weighted by molar-refractivity contribution is 0.270. The molecule has 0 aromatic heterocycles. The summed E-state index contributed by atoms with van der Waals surface area (Å²) in [5, 5.41) is 18.7. The van der Waals surface area contributed by atoms with Gasteiger partial charge >= 0.3 is 0 Å². The molecule has 0 aliphatic rings. The first-order chi connectivity index (χ1) is 6.70.